The maximum absolute atomic E-state index is 13.1. The molecule has 192 valence electrons. The molecule has 2 atom stereocenters. The first-order valence-electron chi connectivity index (χ1n) is 12.1. The lowest BCUT2D eigenvalue weighted by Gasteiger charge is -2.43. The van der Waals surface area contributed by atoms with Crippen molar-refractivity contribution < 1.29 is 4.55 Å². The van der Waals surface area contributed by atoms with Gasteiger partial charge < -0.3 is 14.0 Å². The maximum atomic E-state index is 13.1. The van der Waals surface area contributed by atoms with E-state index in [1.807, 2.05) is 20.8 Å². The first kappa shape index (κ1) is 25.7. The molecule has 0 bridgehead atoms. The van der Waals surface area contributed by atoms with E-state index >= 15 is 0 Å². The van der Waals surface area contributed by atoms with Gasteiger partial charge in [-0.1, -0.05) is 29.3 Å². The number of nitrogens with one attached hydrogen (secondary N) is 1. The standard InChI is InChI=1S/C26H31Cl2N5O2S/c1-17-29-21(15-22(34)33(17)19-8-5-7-18(27)23(19)28)31-13-10-26(11-14-31)16-32-12-6-9-20(32)24(26)30-36(35)25(2,3)4/h5-9,12,15,24,30H,10-11,13-14,16H2,1-4H3/t24-,36?/m1/s1. The van der Waals surface area contributed by atoms with Crippen molar-refractivity contribution in [2.24, 2.45) is 5.41 Å². The minimum Gasteiger partial charge on any atom is -0.598 e. The van der Waals surface area contributed by atoms with E-state index in [1.165, 1.54) is 10.3 Å². The average molecular weight is 549 g/mol. The lowest BCUT2D eigenvalue weighted by molar-refractivity contribution is 0.164. The van der Waals surface area contributed by atoms with Gasteiger partial charge in [0.15, 0.2) is 0 Å². The minimum atomic E-state index is -1.18. The molecule has 1 fully saturated rings. The molecule has 1 N–H and O–H groups in total. The SMILES string of the molecule is Cc1nc(N2CCC3(CC2)Cn2cccc2[C@H]3N[S+]([O-])C(C)(C)C)cc(=O)n1-c1cccc(Cl)c1Cl. The highest BCUT2D eigenvalue weighted by Gasteiger charge is 2.50. The van der Waals surface area contributed by atoms with Crippen molar-refractivity contribution in [3.63, 3.8) is 0 Å². The molecule has 1 aromatic carbocycles. The Bertz CT molecular complexity index is 1340. The number of rotatable bonds is 4. The maximum Gasteiger partial charge on any atom is 0.260 e. The van der Waals surface area contributed by atoms with Gasteiger partial charge in [-0.2, -0.15) is 0 Å². The van der Waals surface area contributed by atoms with Crippen molar-refractivity contribution in [3.05, 3.63) is 74.5 Å². The summed E-state index contributed by atoms with van der Waals surface area (Å²) < 4.78 is 19.9. The van der Waals surface area contributed by atoms with Gasteiger partial charge in [0.25, 0.3) is 5.56 Å². The van der Waals surface area contributed by atoms with E-state index in [4.69, 9.17) is 28.2 Å². The molecule has 36 heavy (non-hydrogen) atoms. The molecule has 5 rings (SSSR count). The summed E-state index contributed by atoms with van der Waals surface area (Å²) in [6, 6.07) is 11.0. The predicted molar refractivity (Wildman–Crippen MR) is 147 cm³/mol. The largest absolute Gasteiger partial charge is 0.598 e. The number of hydrogen-bond acceptors (Lipinski definition) is 5. The molecule has 4 heterocycles. The number of halogens is 2. The number of nitrogens with zero attached hydrogens (tertiary/aromatic N) is 4. The molecular weight excluding hydrogens is 517 g/mol. The normalized spacial score (nSPS) is 20.1. The molecule has 2 aliphatic rings. The topological polar surface area (TPSA) is 78.2 Å². The number of aromatic nitrogens is 3. The van der Waals surface area contributed by atoms with E-state index in [2.05, 4.69) is 32.5 Å². The highest BCUT2D eigenvalue weighted by atomic mass is 35.5. The summed E-state index contributed by atoms with van der Waals surface area (Å²) in [5.41, 5.74) is 1.48. The van der Waals surface area contributed by atoms with Crippen LogP contribution in [0.5, 0.6) is 0 Å². The second kappa shape index (κ2) is 9.40. The highest BCUT2D eigenvalue weighted by Crippen LogP contribution is 2.50. The van der Waals surface area contributed by atoms with E-state index in [1.54, 1.807) is 31.2 Å². The van der Waals surface area contributed by atoms with Crippen LogP contribution in [0.15, 0.2) is 47.4 Å². The van der Waals surface area contributed by atoms with Gasteiger partial charge in [-0.25, -0.2) is 4.98 Å². The van der Waals surface area contributed by atoms with Crippen molar-refractivity contribution >= 4 is 40.4 Å². The zero-order valence-corrected chi connectivity index (χ0v) is 23.3. The van der Waals surface area contributed by atoms with Crippen molar-refractivity contribution in [3.8, 4) is 5.69 Å². The van der Waals surface area contributed by atoms with Crippen LogP contribution in [0.3, 0.4) is 0 Å². The van der Waals surface area contributed by atoms with Crippen molar-refractivity contribution in [1.82, 2.24) is 18.8 Å². The summed E-state index contributed by atoms with van der Waals surface area (Å²) in [5, 5.41) is 0.721. The van der Waals surface area contributed by atoms with Gasteiger partial charge >= 0.3 is 0 Å². The third-order valence-electron chi connectivity index (χ3n) is 7.37. The third kappa shape index (κ3) is 4.47. The van der Waals surface area contributed by atoms with Gasteiger partial charge in [-0.15, -0.1) is 4.72 Å². The first-order valence-corrected chi connectivity index (χ1v) is 14.0. The average Bonchev–Trinajstić information content (AvgIpc) is 3.36. The molecule has 0 amide bonds. The Morgan fingerprint density at radius 3 is 2.56 bits per heavy atom. The van der Waals surface area contributed by atoms with Crippen LogP contribution in [0, 0.1) is 12.3 Å². The Balaban J connectivity index is 1.38. The number of anilines is 1. The van der Waals surface area contributed by atoms with Gasteiger partial charge in [0.05, 0.1) is 21.8 Å². The number of hydrogen-bond donors (Lipinski definition) is 1. The predicted octanol–water partition coefficient (Wildman–Crippen LogP) is 5.04. The second-order valence-electron chi connectivity index (χ2n) is 10.8. The van der Waals surface area contributed by atoms with Crippen LogP contribution in [0.1, 0.15) is 51.2 Å². The van der Waals surface area contributed by atoms with Gasteiger partial charge in [-0.3, -0.25) is 9.36 Å². The van der Waals surface area contributed by atoms with Crippen LogP contribution in [-0.4, -0.2) is 36.5 Å². The molecule has 1 saturated heterocycles. The Morgan fingerprint density at radius 1 is 1.17 bits per heavy atom. The smallest absolute Gasteiger partial charge is 0.260 e. The zero-order valence-electron chi connectivity index (χ0n) is 20.9. The lowest BCUT2D eigenvalue weighted by atomic mass is 9.73. The molecule has 3 aromatic rings. The molecule has 2 aliphatic heterocycles. The van der Waals surface area contributed by atoms with Gasteiger partial charge in [0, 0.05) is 54.4 Å². The van der Waals surface area contributed by atoms with Gasteiger partial charge in [0.2, 0.25) is 0 Å². The van der Waals surface area contributed by atoms with Gasteiger partial charge in [-0.05, 0) is 64.8 Å². The van der Waals surface area contributed by atoms with Crippen LogP contribution in [0.2, 0.25) is 10.0 Å². The number of aryl methyl sites for hydroxylation is 1. The molecule has 7 nitrogen and oxygen atoms in total. The Labute approximate surface area is 224 Å². The quantitative estimate of drug-likeness (QED) is 0.462. The Morgan fingerprint density at radius 2 is 1.89 bits per heavy atom. The highest BCUT2D eigenvalue weighted by molar-refractivity contribution is 7.90. The second-order valence-corrected chi connectivity index (χ2v) is 13.5. The third-order valence-corrected chi connectivity index (χ3v) is 9.74. The monoisotopic (exact) mass is 547 g/mol. The number of piperidine rings is 1. The van der Waals surface area contributed by atoms with Crippen LogP contribution in [-0.2, 0) is 17.9 Å². The van der Waals surface area contributed by atoms with Crippen LogP contribution < -0.4 is 15.2 Å². The van der Waals surface area contributed by atoms with Crippen LogP contribution in [0.4, 0.5) is 5.82 Å². The van der Waals surface area contributed by atoms with E-state index in [-0.39, 0.29) is 21.8 Å². The first-order chi connectivity index (χ1) is 17.0. The fraction of sp³-hybridized carbons (Fsp3) is 0.462. The molecule has 0 radical (unpaired) electrons. The molecular formula is C26H31Cl2N5O2S. The summed E-state index contributed by atoms with van der Waals surface area (Å²) in [7, 11) is 0. The molecule has 0 saturated carbocycles. The molecule has 10 heteroatoms. The number of benzene rings is 1. The van der Waals surface area contributed by atoms with E-state index in [9.17, 15) is 9.35 Å². The van der Waals surface area contributed by atoms with E-state index in [0.717, 1.165) is 32.5 Å². The van der Waals surface area contributed by atoms with Gasteiger partial charge in [0.1, 0.15) is 16.4 Å². The summed E-state index contributed by atoms with van der Waals surface area (Å²) in [5.74, 6) is 1.22. The molecule has 1 spiro atoms. The molecule has 1 unspecified atom stereocenters. The minimum absolute atomic E-state index is 0.0161. The molecule has 2 aromatic heterocycles. The lowest BCUT2D eigenvalue weighted by Crippen LogP contribution is -2.50. The van der Waals surface area contributed by atoms with E-state index < -0.39 is 11.4 Å². The summed E-state index contributed by atoms with van der Waals surface area (Å²) in [4.78, 5) is 20.1. The number of fused-ring (bicyclic) bond motifs is 1. The van der Waals surface area contributed by atoms with Crippen LogP contribution in [0.25, 0.3) is 5.69 Å². The summed E-state index contributed by atoms with van der Waals surface area (Å²) in [6.45, 7) is 10.2. The fourth-order valence-corrected chi connectivity index (χ4v) is 6.70. The van der Waals surface area contributed by atoms with Crippen molar-refractivity contribution in [2.45, 2.75) is 57.9 Å². The fourth-order valence-electron chi connectivity index (χ4n) is 5.38. The summed E-state index contributed by atoms with van der Waals surface area (Å²) in [6.07, 6.45) is 3.91. The Hall–Kier alpha value is -1.97. The zero-order chi connectivity index (χ0) is 25.8. The van der Waals surface area contributed by atoms with Crippen LogP contribution >= 0.6 is 23.2 Å². The Kier molecular flexibility index (Phi) is 6.71. The van der Waals surface area contributed by atoms with E-state index in [0.29, 0.717) is 27.4 Å². The van der Waals surface area contributed by atoms with Crippen molar-refractivity contribution in [2.75, 3.05) is 18.0 Å². The molecule has 0 aliphatic carbocycles. The summed E-state index contributed by atoms with van der Waals surface area (Å²) >= 11 is 11.4. The van der Waals surface area contributed by atoms with Crippen molar-refractivity contribution in [1.29, 1.82) is 0 Å².